The summed E-state index contributed by atoms with van der Waals surface area (Å²) >= 11 is 0. The summed E-state index contributed by atoms with van der Waals surface area (Å²) in [6.07, 6.45) is 1.40. The van der Waals surface area contributed by atoms with Crippen LogP contribution in [0.1, 0.15) is 41.5 Å². The lowest BCUT2D eigenvalue weighted by atomic mass is 10.0. The van der Waals surface area contributed by atoms with E-state index in [1.54, 1.807) is 11.1 Å². The number of amides is 1. The Hall–Kier alpha value is -0.910. The summed E-state index contributed by atoms with van der Waals surface area (Å²) in [5.74, 6) is 0.179. The number of hydrogen-bond acceptors (Lipinski definition) is 3. The first-order valence-electron chi connectivity index (χ1n) is 6.43. The van der Waals surface area contributed by atoms with Crippen LogP contribution in [0.25, 0.3) is 0 Å². The second kappa shape index (κ2) is 5.61. The van der Waals surface area contributed by atoms with Crippen LogP contribution in [0.15, 0.2) is 4.40 Å². The molecule has 0 aromatic rings. The lowest BCUT2D eigenvalue weighted by Gasteiger charge is -2.37. The number of carbonyl (C=O) groups excluding carboxylic acids is 1. The highest BCUT2D eigenvalue weighted by atomic mass is 32.2. The van der Waals surface area contributed by atoms with Crippen molar-refractivity contribution in [3.05, 3.63) is 0 Å². The van der Waals surface area contributed by atoms with Crippen LogP contribution in [-0.2, 0) is 15.7 Å². The molecule has 1 rings (SSSR count). The van der Waals surface area contributed by atoms with E-state index in [0.29, 0.717) is 13.1 Å². The maximum Gasteiger partial charge on any atom is 0.410 e. The minimum Gasteiger partial charge on any atom is -0.444 e. The van der Waals surface area contributed by atoms with Gasteiger partial charge in [0.05, 0.1) is 4.75 Å². The van der Waals surface area contributed by atoms with Gasteiger partial charge in [0, 0.05) is 25.2 Å². The van der Waals surface area contributed by atoms with E-state index in [0.717, 1.165) is 0 Å². The smallest absolute Gasteiger partial charge is 0.410 e. The van der Waals surface area contributed by atoms with Crippen LogP contribution in [0.2, 0.25) is 0 Å². The van der Waals surface area contributed by atoms with Crippen LogP contribution in [0, 0.1) is 5.92 Å². The minimum absolute atomic E-state index is 0.179. The molecule has 0 aromatic heterocycles. The van der Waals surface area contributed by atoms with Gasteiger partial charge in [-0.1, -0.05) is 0 Å². The first kappa shape index (κ1) is 16.1. The van der Waals surface area contributed by atoms with Crippen molar-refractivity contribution in [1.29, 1.82) is 0 Å². The van der Waals surface area contributed by atoms with Crippen molar-refractivity contribution in [3.8, 4) is 0 Å². The highest BCUT2D eigenvalue weighted by Crippen LogP contribution is 2.19. The van der Waals surface area contributed by atoms with Gasteiger partial charge in [-0.05, 0) is 41.5 Å². The molecular formula is C13H24N2O3S. The topological polar surface area (TPSA) is 59.0 Å². The van der Waals surface area contributed by atoms with Crippen LogP contribution in [0.4, 0.5) is 4.79 Å². The molecule has 110 valence electrons. The molecule has 0 radical (unpaired) electrons. The molecule has 0 aromatic carbocycles. The lowest BCUT2D eigenvalue weighted by Crippen LogP contribution is -2.52. The van der Waals surface area contributed by atoms with Crippen molar-refractivity contribution < 1.29 is 13.7 Å². The van der Waals surface area contributed by atoms with Gasteiger partial charge < -0.3 is 9.64 Å². The van der Waals surface area contributed by atoms with E-state index < -0.39 is 16.6 Å². The van der Waals surface area contributed by atoms with E-state index >= 15 is 0 Å². The van der Waals surface area contributed by atoms with Crippen LogP contribution in [0.3, 0.4) is 0 Å². The van der Waals surface area contributed by atoms with Gasteiger partial charge in [-0.15, -0.1) is 0 Å². The van der Waals surface area contributed by atoms with Gasteiger partial charge in [-0.2, -0.15) is 4.40 Å². The number of carbonyl (C=O) groups is 1. The number of nitrogens with zero attached hydrogens (tertiary/aromatic N) is 2. The van der Waals surface area contributed by atoms with E-state index in [9.17, 15) is 9.00 Å². The molecule has 0 bridgehead atoms. The second-order valence-corrected chi connectivity index (χ2v) is 8.70. The summed E-state index contributed by atoms with van der Waals surface area (Å²) in [6, 6.07) is 0. The van der Waals surface area contributed by atoms with Crippen LogP contribution in [0.5, 0.6) is 0 Å². The van der Waals surface area contributed by atoms with Crippen molar-refractivity contribution in [2.45, 2.75) is 51.9 Å². The normalized spacial score (nSPS) is 19.4. The lowest BCUT2D eigenvalue weighted by molar-refractivity contribution is 0.00740. The quantitative estimate of drug-likeness (QED) is 0.733. The maximum atomic E-state index is 11.7. The van der Waals surface area contributed by atoms with E-state index in [-0.39, 0.29) is 16.8 Å². The highest BCUT2D eigenvalue weighted by Gasteiger charge is 2.33. The summed E-state index contributed by atoms with van der Waals surface area (Å²) in [5, 5.41) is 0. The highest BCUT2D eigenvalue weighted by molar-refractivity contribution is 7.85. The predicted molar refractivity (Wildman–Crippen MR) is 77.7 cm³/mol. The Morgan fingerprint density at radius 3 is 2.21 bits per heavy atom. The number of likely N-dealkylation sites (tertiary alicyclic amines) is 1. The molecule has 1 aliphatic heterocycles. The molecule has 1 saturated heterocycles. The third-order valence-electron chi connectivity index (χ3n) is 2.45. The summed E-state index contributed by atoms with van der Waals surface area (Å²) in [7, 11) is -1.23. The third-order valence-corrected chi connectivity index (χ3v) is 3.81. The largest absolute Gasteiger partial charge is 0.444 e. The number of hydrogen-bond donors (Lipinski definition) is 0. The Bertz CT molecular complexity index is 388. The molecule has 19 heavy (non-hydrogen) atoms. The molecule has 0 spiro atoms. The zero-order chi connectivity index (χ0) is 14.8. The SMILES string of the molecule is CC(C)(C)OC(=O)N1CC(C=NS(=O)C(C)(C)C)C1. The third kappa shape index (κ3) is 5.30. The molecule has 1 unspecified atom stereocenters. The van der Waals surface area contributed by atoms with Gasteiger partial charge in [0.1, 0.15) is 16.6 Å². The summed E-state index contributed by atoms with van der Waals surface area (Å²) in [5.41, 5.74) is -0.468. The molecule has 0 saturated carbocycles. The van der Waals surface area contributed by atoms with Crippen molar-refractivity contribution in [2.24, 2.45) is 10.3 Å². The van der Waals surface area contributed by atoms with Gasteiger partial charge >= 0.3 is 6.09 Å². The Balaban J connectivity index is 2.37. The first-order valence-corrected chi connectivity index (χ1v) is 7.54. The van der Waals surface area contributed by atoms with Crippen molar-refractivity contribution in [3.63, 3.8) is 0 Å². The molecular weight excluding hydrogens is 264 g/mol. The average Bonchev–Trinajstić information content (AvgIpc) is 2.09. The zero-order valence-electron chi connectivity index (χ0n) is 12.6. The molecule has 0 aliphatic carbocycles. The Labute approximate surface area is 118 Å². The minimum atomic E-state index is -1.23. The van der Waals surface area contributed by atoms with Crippen LogP contribution in [-0.4, -0.2) is 44.9 Å². The molecule has 5 nitrogen and oxygen atoms in total. The van der Waals surface area contributed by atoms with E-state index in [1.807, 2.05) is 41.5 Å². The average molecular weight is 288 g/mol. The summed E-state index contributed by atoms with van der Waals surface area (Å²) < 4.78 is 20.7. The molecule has 1 heterocycles. The van der Waals surface area contributed by atoms with Gasteiger partial charge in [-0.3, -0.25) is 0 Å². The molecule has 1 aliphatic rings. The van der Waals surface area contributed by atoms with Crippen molar-refractivity contribution in [1.82, 2.24) is 4.90 Å². The van der Waals surface area contributed by atoms with Crippen LogP contribution < -0.4 is 0 Å². The fraction of sp³-hybridized carbons (Fsp3) is 0.846. The molecule has 1 amide bonds. The number of ether oxygens (including phenoxy) is 1. The predicted octanol–water partition coefficient (Wildman–Crippen LogP) is 2.39. The van der Waals surface area contributed by atoms with Gasteiger partial charge in [0.25, 0.3) is 0 Å². The Kier molecular flexibility index (Phi) is 4.76. The monoisotopic (exact) mass is 288 g/mol. The molecule has 0 N–H and O–H groups in total. The standard InChI is InChI=1S/C13H24N2O3S/c1-12(2,3)18-11(16)15-8-10(9-15)7-14-19(17)13(4,5)6/h7,10H,8-9H2,1-6H3. The zero-order valence-corrected chi connectivity index (χ0v) is 13.4. The molecule has 1 fully saturated rings. The van der Waals surface area contributed by atoms with E-state index in [2.05, 4.69) is 4.40 Å². The summed E-state index contributed by atoms with van der Waals surface area (Å²) in [6.45, 7) is 12.3. The van der Waals surface area contributed by atoms with Gasteiger partial charge in [0.2, 0.25) is 0 Å². The van der Waals surface area contributed by atoms with Gasteiger partial charge in [0.15, 0.2) is 0 Å². The van der Waals surface area contributed by atoms with Gasteiger partial charge in [-0.25, -0.2) is 9.00 Å². The number of rotatable bonds is 2. The second-order valence-electron chi connectivity index (χ2n) is 6.76. The molecule has 6 heteroatoms. The Morgan fingerprint density at radius 1 is 1.26 bits per heavy atom. The Morgan fingerprint density at radius 2 is 1.79 bits per heavy atom. The molecule has 1 atom stereocenters. The van der Waals surface area contributed by atoms with E-state index in [1.165, 1.54) is 0 Å². The van der Waals surface area contributed by atoms with E-state index in [4.69, 9.17) is 4.74 Å². The summed E-state index contributed by atoms with van der Waals surface area (Å²) in [4.78, 5) is 13.3. The fourth-order valence-corrected chi connectivity index (χ4v) is 1.98. The van der Waals surface area contributed by atoms with Crippen molar-refractivity contribution in [2.75, 3.05) is 13.1 Å². The maximum absolute atomic E-state index is 11.7. The van der Waals surface area contributed by atoms with Crippen LogP contribution >= 0.6 is 0 Å². The first-order chi connectivity index (χ1) is 8.49. The van der Waals surface area contributed by atoms with Crippen molar-refractivity contribution >= 4 is 23.3 Å². The fourth-order valence-electron chi connectivity index (χ4n) is 1.38.